The lowest BCUT2D eigenvalue weighted by molar-refractivity contribution is -0.129. The molecular formula is C43H101Cl7O22Si16. The zero-order valence-electron chi connectivity index (χ0n) is 54.6. The number of halogens is 7. The molecule has 45 heteroatoms. The molecule has 7 aliphatic heterocycles. The zero-order valence-corrected chi connectivity index (χ0v) is 75.9. The van der Waals surface area contributed by atoms with Crippen molar-refractivity contribution in [3.8, 4) is 0 Å². The molecular weight excluding hydrogens is 1570 g/mol. The van der Waals surface area contributed by atoms with Crippen LogP contribution in [0, 0.1) is 0 Å². The predicted molar refractivity (Wildman–Crippen MR) is 379 cm³/mol. The molecule has 0 aliphatic carbocycles. The van der Waals surface area contributed by atoms with Crippen LogP contribution in [-0.2, 0) is 91.8 Å². The van der Waals surface area contributed by atoms with E-state index in [1.165, 1.54) is 0 Å². The molecule has 0 aromatic carbocycles. The Morgan fingerprint density at radius 3 is 0.557 bits per heavy atom. The molecule has 0 spiro atoms. The maximum absolute atomic E-state index is 7.95. The number of rotatable bonds is 43. The smallest absolute Gasteiger partial charge is 0.395 e. The molecule has 7 saturated heterocycles. The lowest BCUT2D eigenvalue weighted by Crippen LogP contribution is -2.93. The summed E-state index contributed by atoms with van der Waals surface area (Å²) in [5.74, 6) is 2.30. The van der Waals surface area contributed by atoms with Crippen LogP contribution in [0.5, 0.6) is 0 Å². The monoisotopic (exact) mass is 1660 g/mol. The number of ether oxygens (including phenoxy) is 2. The number of hydrogen-bond acceptors (Lipinski definition) is 22. The topological polar surface area (TPSA) is 206 Å². The summed E-state index contributed by atoms with van der Waals surface area (Å²) in [6.07, 6.45) is 4.53. The van der Waals surface area contributed by atoms with E-state index in [2.05, 4.69) is 0 Å². The molecule has 0 radical (unpaired) electrons. The van der Waals surface area contributed by atoms with Crippen LogP contribution < -0.4 is 0 Å². The van der Waals surface area contributed by atoms with Crippen molar-refractivity contribution in [3.05, 3.63) is 0 Å². The van der Waals surface area contributed by atoms with E-state index >= 15 is 0 Å². The van der Waals surface area contributed by atoms with E-state index in [1.54, 1.807) is 0 Å². The Kier molecular flexibility index (Phi) is 30.3. The van der Waals surface area contributed by atoms with E-state index in [0.717, 1.165) is 0 Å². The normalized spacial score (nSPS) is 32.3. The summed E-state index contributed by atoms with van der Waals surface area (Å²) in [6.45, 7) is 33.7. The van der Waals surface area contributed by atoms with Crippen molar-refractivity contribution in [1.29, 1.82) is 0 Å². The Balaban J connectivity index is 1.88. The van der Waals surface area contributed by atoms with E-state index < -0.39 is 139 Å². The van der Waals surface area contributed by atoms with Gasteiger partial charge in [-0.25, -0.2) is 0 Å². The summed E-state index contributed by atoms with van der Waals surface area (Å²) in [7, 11) is -69.3. The van der Waals surface area contributed by atoms with Crippen molar-refractivity contribution in [2.45, 2.75) is 211 Å². The maximum atomic E-state index is 7.95. The van der Waals surface area contributed by atoms with Gasteiger partial charge in [0.15, 0.2) is 66.5 Å². The Morgan fingerprint density at radius 2 is 0.420 bits per heavy atom. The highest BCUT2D eigenvalue weighted by molar-refractivity contribution is 7.04. The van der Waals surface area contributed by atoms with Gasteiger partial charge in [0.25, 0.3) is 0 Å². The highest BCUT2D eigenvalue weighted by atomic mass is 35.5. The van der Waals surface area contributed by atoms with Crippen LogP contribution in [0.15, 0.2) is 0 Å². The minimum Gasteiger partial charge on any atom is -0.395 e. The van der Waals surface area contributed by atoms with Gasteiger partial charge in [0.1, 0.15) is 6.10 Å². The third-order valence-electron chi connectivity index (χ3n) is 14.4. The quantitative estimate of drug-likeness (QED) is 0.0241. The minimum atomic E-state index is -5.45. The average molecular weight is 1670 g/mol. The lowest BCUT2D eigenvalue weighted by Gasteiger charge is -2.61. The van der Waals surface area contributed by atoms with Crippen LogP contribution in [0.4, 0.5) is 0 Å². The molecule has 88 heavy (non-hydrogen) atoms. The van der Waals surface area contributed by atoms with Gasteiger partial charge < -0.3 is 91.8 Å². The molecule has 7 rings (SSSR count). The van der Waals surface area contributed by atoms with E-state index in [-0.39, 0.29) is 6.10 Å². The van der Waals surface area contributed by atoms with Crippen molar-refractivity contribution in [1.82, 2.24) is 0 Å². The largest absolute Gasteiger partial charge is 0.651 e. The number of alkyl halides is 7. The molecule has 0 aromatic heterocycles. The van der Waals surface area contributed by atoms with Crippen molar-refractivity contribution in [3.63, 3.8) is 0 Å². The van der Waals surface area contributed by atoms with E-state index in [0.29, 0.717) is 161 Å². The Bertz CT molecular complexity index is 2010. The van der Waals surface area contributed by atoms with Crippen molar-refractivity contribution >= 4 is 220 Å². The molecule has 1 atom stereocenters. The van der Waals surface area contributed by atoms with Crippen molar-refractivity contribution < 1.29 is 91.8 Å². The van der Waals surface area contributed by atoms with Crippen LogP contribution in [0.2, 0.25) is 153 Å². The van der Waals surface area contributed by atoms with E-state index in [4.69, 9.17) is 173 Å². The van der Waals surface area contributed by atoms with Crippen LogP contribution >= 0.6 is 81.2 Å². The van der Waals surface area contributed by atoms with Gasteiger partial charge >= 0.3 is 72.4 Å². The Morgan fingerprint density at radius 1 is 0.273 bits per heavy atom. The standard InChI is InChI=1S/C43H101Cl7O22Si16/c1-73(2,33-17-25-44)53-81-61-82(54-74(3,4)34-18-26-45)64-85(57-77(9,10)37-21-29-48)66-83(62-81,55-75(5,6)35-19-27-46)68-87(59-79(13,14)39-23-31-50)69-84(63-81,56-76(7,8)36-20-28-47)67-86(65-82,58-78(11,12)38-22-30-49)71-88(70-85,72-87)60-80(15,16)40-24-32-51-41-43-42-52-43/h43H,17-42H2,1-16H3. The first-order chi connectivity index (χ1) is 40.6. The highest BCUT2D eigenvalue weighted by Gasteiger charge is 2.92. The third kappa shape index (κ3) is 24.7. The summed E-state index contributed by atoms with van der Waals surface area (Å²) in [5, 5.41) is 0. The van der Waals surface area contributed by atoms with Crippen LogP contribution in [0.1, 0.15) is 51.4 Å². The molecule has 518 valence electrons. The van der Waals surface area contributed by atoms with Crippen LogP contribution in [-0.4, -0.2) is 206 Å². The summed E-state index contributed by atoms with van der Waals surface area (Å²) in [5.41, 5.74) is 0. The molecule has 0 amide bonds. The van der Waals surface area contributed by atoms with Crippen molar-refractivity contribution in [2.24, 2.45) is 0 Å². The van der Waals surface area contributed by atoms with E-state index in [1.807, 2.05) is 105 Å². The SMILES string of the molecule is C[Si](C)(CCCCl)O[Si]12O[Si]3(O[Si](C)(C)CCCCl)O[Si]4(O[Si](C)(C)CCCCl)O[Si](O[Si](C)(C)CCCCl)(O1)O[Si]1(O[Si](C)(C)CCCCl)O[Si](O[Si](C)(C)CCCCl)(O2)O[Si](O[Si](C)(C)CCCCl)(O3)O[Si](O[Si](C)(C)CCCOCC2CO2)(O4)O1. The van der Waals surface area contributed by atoms with Gasteiger partial charge in [0.2, 0.25) is 0 Å². The van der Waals surface area contributed by atoms with E-state index in [9.17, 15) is 0 Å². The van der Waals surface area contributed by atoms with Gasteiger partial charge in [-0.1, -0.05) is 0 Å². The number of hydrogen-bond donors (Lipinski definition) is 0. The van der Waals surface area contributed by atoms with Gasteiger partial charge in [0.05, 0.1) is 13.2 Å². The lowest BCUT2D eigenvalue weighted by atomic mass is 10.5. The Labute approximate surface area is 578 Å². The molecule has 0 saturated carbocycles. The fourth-order valence-corrected chi connectivity index (χ4v) is 86.7. The first-order valence-electron chi connectivity index (χ1n) is 30.8. The summed E-state index contributed by atoms with van der Waals surface area (Å²) in [6, 6.07) is 3.91. The second kappa shape index (κ2) is 32.7. The molecule has 8 bridgehead atoms. The summed E-state index contributed by atoms with van der Waals surface area (Å²) < 4.78 is 168. The van der Waals surface area contributed by atoms with Crippen molar-refractivity contribution in [2.75, 3.05) is 61.0 Å². The van der Waals surface area contributed by atoms with Crippen LogP contribution in [0.25, 0.3) is 0 Å². The second-order valence-corrected chi connectivity index (χ2v) is 86.9. The predicted octanol–water partition coefficient (Wildman–Crippen LogP) is 13.7. The van der Waals surface area contributed by atoms with Gasteiger partial charge in [-0.15, -0.1) is 81.2 Å². The Hall–Kier alpha value is 4.62. The fraction of sp³-hybridized carbons (Fsp3) is 1.00. The highest BCUT2D eigenvalue weighted by Crippen LogP contribution is 2.54. The van der Waals surface area contributed by atoms with Gasteiger partial charge in [-0.2, -0.15) is 0 Å². The fourth-order valence-electron chi connectivity index (χ4n) is 10.4. The molecule has 1 unspecified atom stereocenters. The average Bonchev–Trinajstić information content (AvgIpc) is 0.733. The third-order valence-corrected chi connectivity index (χ3v) is 78.4. The van der Waals surface area contributed by atoms with Gasteiger partial charge in [0, 0.05) is 47.8 Å². The van der Waals surface area contributed by atoms with Crippen LogP contribution in [0.3, 0.4) is 0 Å². The molecule has 7 heterocycles. The first-order valence-corrected chi connectivity index (χ1v) is 72.5. The minimum absolute atomic E-state index is 0.0773. The molecule has 0 N–H and O–H groups in total. The van der Waals surface area contributed by atoms with Gasteiger partial charge in [-0.05, 0) is 204 Å². The maximum Gasteiger partial charge on any atom is 0.651 e. The summed E-state index contributed by atoms with van der Waals surface area (Å²) in [4.78, 5) is 0. The number of epoxide rings is 1. The summed E-state index contributed by atoms with van der Waals surface area (Å²) >= 11 is 45.7. The molecule has 22 nitrogen and oxygen atoms in total. The molecule has 7 aliphatic rings. The second-order valence-electron chi connectivity index (χ2n) is 27.8. The molecule has 0 aromatic rings. The molecule has 7 fully saturated rings. The van der Waals surface area contributed by atoms with Gasteiger partial charge in [-0.3, -0.25) is 0 Å². The first kappa shape index (κ1) is 81.6. The zero-order chi connectivity index (χ0) is 65.5.